The predicted octanol–water partition coefficient (Wildman–Crippen LogP) is 6.27. The van der Waals surface area contributed by atoms with Gasteiger partial charge in [0.1, 0.15) is 6.54 Å². The van der Waals surface area contributed by atoms with Crippen molar-refractivity contribution in [3.63, 3.8) is 0 Å². The molecule has 0 bridgehead atoms. The van der Waals surface area contributed by atoms with Crippen LogP contribution in [-0.4, -0.2) is 25.3 Å². The van der Waals surface area contributed by atoms with E-state index in [4.69, 9.17) is 23.2 Å². The van der Waals surface area contributed by atoms with Gasteiger partial charge in [-0.15, -0.1) is 0 Å². The van der Waals surface area contributed by atoms with Gasteiger partial charge in [0.15, 0.2) is 5.88 Å². The number of fused-ring (bicyclic) bond motifs is 2. The van der Waals surface area contributed by atoms with Crippen LogP contribution in [0.2, 0.25) is 10.0 Å². The van der Waals surface area contributed by atoms with Crippen LogP contribution in [0, 0.1) is 0 Å². The number of aromatic nitrogens is 2. The van der Waals surface area contributed by atoms with E-state index in [1.54, 1.807) is 27.3 Å². The largest absolute Gasteiger partial charge is 0.494 e. The van der Waals surface area contributed by atoms with Crippen LogP contribution in [-0.2, 0) is 17.8 Å². The summed E-state index contributed by atoms with van der Waals surface area (Å²) in [7, 11) is 0. The summed E-state index contributed by atoms with van der Waals surface area (Å²) in [6.07, 6.45) is 2.25. The molecular formula is C25H18Cl2N2O3. The lowest BCUT2D eigenvalue weighted by molar-refractivity contribution is -0.137. The minimum atomic E-state index is -0.912. The fraction of sp³-hybridized carbons (Fsp3) is 0.0800. The van der Waals surface area contributed by atoms with Gasteiger partial charge in [-0.2, -0.15) is 0 Å². The third kappa shape index (κ3) is 3.30. The lowest BCUT2D eigenvalue weighted by Crippen LogP contribution is -2.07. The summed E-state index contributed by atoms with van der Waals surface area (Å²) in [5, 5.41) is 23.3. The molecule has 2 N–H and O–H groups in total. The molecule has 160 valence electrons. The van der Waals surface area contributed by atoms with Crippen LogP contribution in [0.3, 0.4) is 0 Å². The van der Waals surface area contributed by atoms with Gasteiger partial charge in [-0.1, -0.05) is 65.7 Å². The number of hydrogen-bond acceptors (Lipinski definition) is 2. The minimum Gasteiger partial charge on any atom is -0.494 e. The van der Waals surface area contributed by atoms with Crippen molar-refractivity contribution in [3.05, 3.63) is 94.1 Å². The van der Waals surface area contributed by atoms with Crippen LogP contribution in [0.5, 0.6) is 5.88 Å². The topological polar surface area (TPSA) is 67.4 Å². The summed E-state index contributed by atoms with van der Waals surface area (Å²) < 4.78 is 3.39. The highest BCUT2D eigenvalue weighted by Crippen LogP contribution is 2.41. The molecular weight excluding hydrogens is 447 g/mol. The molecule has 0 aliphatic heterocycles. The Hall–Kier alpha value is -3.41. The third-order valence-electron chi connectivity index (χ3n) is 5.66. The first-order valence-corrected chi connectivity index (χ1v) is 10.8. The molecule has 0 saturated carbocycles. The predicted molar refractivity (Wildman–Crippen MR) is 127 cm³/mol. The highest BCUT2D eigenvalue weighted by atomic mass is 35.5. The van der Waals surface area contributed by atoms with Crippen LogP contribution in [0.4, 0.5) is 0 Å². The van der Waals surface area contributed by atoms with Crippen molar-refractivity contribution in [1.29, 1.82) is 0 Å². The van der Waals surface area contributed by atoms with Crippen molar-refractivity contribution in [2.24, 2.45) is 0 Å². The number of aromatic hydroxyl groups is 1. The van der Waals surface area contributed by atoms with Gasteiger partial charge in [-0.3, -0.25) is 9.36 Å². The van der Waals surface area contributed by atoms with Crippen molar-refractivity contribution in [2.75, 3.05) is 0 Å². The van der Waals surface area contributed by atoms with E-state index in [-0.39, 0.29) is 12.4 Å². The maximum absolute atomic E-state index is 11.3. The quantitative estimate of drug-likeness (QED) is 0.321. The van der Waals surface area contributed by atoms with Gasteiger partial charge >= 0.3 is 5.97 Å². The van der Waals surface area contributed by atoms with Gasteiger partial charge in [-0.05, 0) is 29.8 Å². The molecule has 5 rings (SSSR count). The first kappa shape index (κ1) is 20.5. The fourth-order valence-electron chi connectivity index (χ4n) is 4.33. The molecule has 0 amide bonds. The number of carboxylic acids is 1. The van der Waals surface area contributed by atoms with Gasteiger partial charge in [0.2, 0.25) is 0 Å². The van der Waals surface area contributed by atoms with Crippen LogP contribution in [0.15, 0.2) is 72.9 Å². The Morgan fingerprint density at radius 2 is 1.47 bits per heavy atom. The maximum atomic E-state index is 11.3. The molecule has 32 heavy (non-hydrogen) atoms. The number of nitrogens with zero attached hydrogens (tertiary/aromatic N) is 2. The molecule has 0 atom stereocenters. The van der Waals surface area contributed by atoms with Crippen molar-refractivity contribution in [1.82, 2.24) is 9.13 Å². The van der Waals surface area contributed by atoms with Crippen molar-refractivity contribution >= 4 is 51.0 Å². The Bertz CT molecular complexity index is 1480. The van der Waals surface area contributed by atoms with Gasteiger partial charge in [0, 0.05) is 34.5 Å². The molecule has 5 aromatic rings. The lowest BCUT2D eigenvalue weighted by Gasteiger charge is -2.11. The van der Waals surface area contributed by atoms with Crippen LogP contribution >= 0.6 is 23.2 Å². The van der Waals surface area contributed by atoms with Crippen molar-refractivity contribution in [3.8, 4) is 11.6 Å². The molecule has 0 unspecified atom stereocenters. The Labute approximate surface area is 193 Å². The molecule has 0 saturated heterocycles. The van der Waals surface area contributed by atoms with Gasteiger partial charge < -0.3 is 14.8 Å². The molecule has 0 aliphatic carbocycles. The summed E-state index contributed by atoms with van der Waals surface area (Å²) in [6, 6.07) is 20.5. The number of rotatable bonds is 5. The number of benzene rings is 3. The zero-order valence-corrected chi connectivity index (χ0v) is 18.3. The number of carboxylic acid groups (broad SMARTS) is 1. The molecule has 0 fully saturated rings. The molecule has 2 aromatic heterocycles. The number of hydrogen-bond donors (Lipinski definition) is 2. The highest BCUT2D eigenvalue weighted by Gasteiger charge is 2.22. The van der Waals surface area contributed by atoms with Crippen LogP contribution < -0.4 is 0 Å². The maximum Gasteiger partial charge on any atom is 0.323 e. The van der Waals surface area contributed by atoms with E-state index in [0.29, 0.717) is 22.2 Å². The van der Waals surface area contributed by atoms with Crippen LogP contribution in [0.1, 0.15) is 11.1 Å². The second-order valence-electron chi connectivity index (χ2n) is 7.59. The van der Waals surface area contributed by atoms with Crippen molar-refractivity contribution < 1.29 is 15.0 Å². The molecule has 2 heterocycles. The van der Waals surface area contributed by atoms with E-state index in [9.17, 15) is 15.0 Å². The summed E-state index contributed by atoms with van der Waals surface area (Å²) in [4.78, 5) is 11.3. The first-order chi connectivity index (χ1) is 15.5. The average Bonchev–Trinajstić information content (AvgIpc) is 3.24. The second kappa shape index (κ2) is 7.93. The van der Waals surface area contributed by atoms with E-state index >= 15 is 0 Å². The highest BCUT2D eigenvalue weighted by molar-refractivity contribution is 6.38. The summed E-state index contributed by atoms with van der Waals surface area (Å²) in [6.45, 7) is -0.135. The van der Waals surface area contributed by atoms with Gasteiger partial charge in [-0.25, -0.2) is 0 Å². The third-order valence-corrected chi connectivity index (χ3v) is 6.27. The zero-order chi connectivity index (χ0) is 22.4. The van der Waals surface area contributed by atoms with E-state index < -0.39 is 5.97 Å². The number of aliphatic carboxylic acids is 1. The number of halogens is 2. The SMILES string of the molecule is O=C(O)Cn1cc(Cc2c(O)n(-c3c(Cl)cccc3Cl)c3ccccc23)c2ccccc21. The van der Waals surface area contributed by atoms with Crippen molar-refractivity contribution in [2.45, 2.75) is 13.0 Å². The smallest absolute Gasteiger partial charge is 0.323 e. The normalized spacial score (nSPS) is 11.4. The molecule has 0 aliphatic rings. The van der Waals surface area contributed by atoms with E-state index in [1.165, 1.54) is 0 Å². The Balaban J connectivity index is 1.72. The van der Waals surface area contributed by atoms with E-state index in [0.717, 1.165) is 32.9 Å². The number of carbonyl (C=O) groups is 1. The minimum absolute atomic E-state index is 0.0521. The Morgan fingerprint density at radius 3 is 2.16 bits per heavy atom. The summed E-state index contributed by atoms with van der Waals surface area (Å²) in [5.41, 5.74) is 3.77. The molecule has 7 heteroatoms. The lowest BCUT2D eigenvalue weighted by atomic mass is 10.0. The van der Waals surface area contributed by atoms with E-state index in [2.05, 4.69) is 0 Å². The van der Waals surface area contributed by atoms with Gasteiger partial charge in [0.05, 0.1) is 21.2 Å². The standard InChI is InChI=1S/C25H18Cl2N2O3/c26-19-8-5-9-20(27)24(19)29-22-11-4-2-7-17(22)18(25(29)32)12-15-13-28(14-23(30)31)21-10-3-1-6-16(15)21/h1-11,13,32H,12,14H2,(H,30,31). The molecule has 3 aromatic carbocycles. The molecule has 5 nitrogen and oxygen atoms in total. The average molecular weight is 465 g/mol. The molecule has 0 radical (unpaired) electrons. The fourth-order valence-corrected chi connectivity index (χ4v) is 4.89. The Morgan fingerprint density at radius 1 is 0.844 bits per heavy atom. The first-order valence-electron chi connectivity index (χ1n) is 10.00. The monoisotopic (exact) mass is 464 g/mol. The number of para-hydroxylation sites is 3. The second-order valence-corrected chi connectivity index (χ2v) is 8.41. The van der Waals surface area contributed by atoms with E-state index in [1.807, 2.05) is 54.7 Å². The summed E-state index contributed by atoms with van der Waals surface area (Å²) in [5.74, 6) is -0.860. The molecule has 0 spiro atoms. The summed E-state index contributed by atoms with van der Waals surface area (Å²) >= 11 is 12.9. The van der Waals surface area contributed by atoms with Gasteiger partial charge in [0.25, 0.3) is 0 Å². The van der Waals surface area contributed by atoms with Crippen LogP contribution in [0.25, 0.3) is 27.5 Å². The zero-order valence-electron chi connectivity index (χ0n) is 16.8. The Kier molecular flexibility index (Phi) is 5.08.